The maximum atomic E-state index is 5.77. The Bertz CT molecular complexity index is 708. The molecule has 0 fully saturated rings. The van der Waals surface area contributed by atoms with E-state index >= 15 is 0 Å². The fourth-order valence-corrected chi connectivity index (χ4v) is 1.79. The van der Waals surface area contributed by atoms with E-state index in [1.54, 1.807) is 12.4 Å². The molecule has 0 aromatic carbocycles. The van der Waals surface area contributed by atoms with Gasteiger partial charge in [0.15, 0.2) is 11.5 Å². The Morgan fingerprint density at radius 3 is 3.00 bits per heavy atom. The van der Waals surface area contributed by atoms with E-state index in [1.807, 2.05) is 13.0 Å². The highest BCUT2D eigenvalue weighted by Gasteiger charge is 2.04. The zero-order chi connectivity index (χ0) is 12.5. The van der Waals surface area contributed by atoms with Crippen LogP contribution in [0.2, 0.25) is 5.15 Å². The predicted octanol–water partition coefficient (Wildman–Crippen LogP) is 2.45. The van der Waals surface area contributed by atoms with E-state index in [0.717, 1.165) is 16.8 Å². The molecule has 0 radical (unpaired) electrons. The average molecular weight is 261 g/mol. The summed E-state index contributed by atoms with van der Waals surface area (Å²) in [6.45, 7) is 1.94. The molecule has 0 amide bonds. The van der Waals surface area contributed by atoms with Crippen molar-refractivity contribution in [1.82, 2.24) is 25.1 Å². The lowest BCUT2D eigenvalue weighted by molar-refractivity contribution is 1.05. The van der Waals surface area contributed by atoms with E-state index in [-0.39, 0.29) is 0 Å². The summed E-state index contributed by atoms with van der Waals surface area (Å²) in [7, 11) is 0. The van der Waals surface area contributed by atoms with Gasteiger partial charge in [-0.15, -0.1) is 0 Å². The molecule has 0 spiro atoms. The van der Waals surface area contributed by atoms with E-state index < -0.39 is 0 Å². The molecular formula is C11H9ClN6. The topological polar surface area (TPSA) is 79.4 Å². The minimum absolute atomic E-state index is 0.341. The fraction of sp³-hybridized carbons (Fsp3) is 0.0909. The zero-order valence-corrected chi connectivity index (χ0v) is 10.2. The quantitative estimate of drug-likeness (QED) is 0.740. The normalized spacial score (nSPS) is 10.8. The van der Waals surface area contributed by atoms with Crippen molar-refractivity contribution < 1.29 is 0 Å². The van der Waals surface area contributed by atoms with Crippen LogP contribution in [-0.2, 0) is 0 Å². The molecule has 0 atom stereocenters. The number of aromatic amines is 1. The average Bonchev–Trinajstić information content (AvgIpc) is 2.71. The molecular weight excluding hydrogens is 252 g/mol. The Kier molecular flexibility index (Phi) is 2.56. The van der Waals surface area contributed by atoms with Crippen LogP contribution >= 0.6 is 11.6 Å². The smallest absolute Gasteiger partial charge is 0.181 e. The Hall–Kier alpha value is -2.21. The number of pyridine rings is 1. The van der Waals surface area contributed by atoms with Crippen LogP contribution in [0, 0.1) is 6.92 Å². The highest BCUT2D eigenvalue weighted by molar-refractivity contribution is 6.29. The molecule has 0 aliphatic carbocycles. The highest BCUT2D eigenvalue weighted by Crippen LogP contribution is 2.20. The van der Waals surface area contributed by atoms with Crippen LogP contribution in [0.1, 0.15) is 5.69 Å². The molecule has 3 rings (SSSR count). The van der Waals surface area contributed by atoms with Crippen LogP contribution < -0.4 is 5.32 Å². The standard InChI is InChI=1S/C11H9ClN6/c1-6-8-2-7(3-14-11(8)18-17-6)15-10-5-13-4-9(12)16-10/h2-5H,1H3,(H,15,16)(H,14,17,18). The Balaban J connectivity index is 1.97. The van der Waals surface area contributed by atoms with Crippen molar-refractivity contribution in [2.24, 2.45) is 0 Å². The first-order valence-corrected chi connectivity index (χ1v) is 5.65. The highest BCUT2D eigenvalue weighted by atomic mass is 35.5. The second kappa shape index (κ2) is 4.23. The van der Waals surface area contributed by atoms with Crippen molar-refractivity contribution in [2.75, 3.05) is 5.32 Å². The third kappa shape index (κ3) is 1.98. The fourth-order valence-electron chi connectivity index (χ4n) is 1.64. The van der Waals surface area contributed by atoms with E-state index in [1.165, 1.54) is 6.20 Å². The van der Waals surface area contributed by atoms with E-state index in [4.69, 9.17) is 11.6 Å². The first-order valence-electron chi connectivity index (χ1n) is 5.27. The number of aryl methyl sites for hydroxylation is 1. The SMILES string of the molecule is Cc1[nH]nc2ncc(Nc3cncc(Cl)n3)cc12. The molecule has 3 heterocycles. The van der Waals surface area contributed by atoms with Gasteiger partial charge in [-0.3, -0.25) is 10.1 Å². The number of nitrogens with one attached hydrogen (secondary N) is 2. The number of rotatable bonds is 2. The minimum atomic E-state index is 0.341. The number of anilines is 2. The molecule has 2 N–H and O–H groups in total. The Morgan fingerprint density at radius 2 is 2.17 bits per heavy atom. The number of fused-ring (bicyclic) bond motifs is 1. The van der Waals surface area contributed by atoms with Gasteiger partial charge in [0, 0.05) is 11.1 Å². The van der Waals surface area contributed by atoms with Gasteiger partial charge in [0.25, 0.3) is 0 Å². The number of H-pyrrole nitrogens is 1. The summed E-state index contributed by atoms with van der Waals surface area (Å²) in [5.74, 6) is 0.574. The van der Waals surface area contributed by atoms with E-state index in [0.29, 0.717) is 16.6 Å². The van der Waals surface area contributed by atoms with Crippen LogP contribution in [0.4, 0.5) is 11.5 Å². The second-order valence-electron chi connectivity index (χ2n) is 3.80. The van der Waals surface area contributed by atoms with Crippen molar-refractivity contribution >= 4 is 34.1 Å². The maximum Gasteiger partial charge on any atom is 0.181 e. The van der Waals surface area contributed by atoms with Gasteiger partial charge in [-0.05, 0) is 13.0 Å². The summed E-state index contributed by atoms with van der Waals surface area (Å²) < 4.78 is 0. The van der Waals surface area contributed by atoms with Gasteiger partial charge in [-0.25, -0.2) is 9.97 Å². The van der Waals surface area contributed by atoms with Crippen LogP contribution in [0.25, 0.3) is 11.0 Å². The number of nitrogens with zero attached hydrogens (tertiary/aromatic N) is 4. The van der Waals surface area contributed by atoms with Crippen molar-refractivity contribution in [2.45, 2.75) is 6.92 Å². The number of hydrogen-bond acceptors (Lipinski definition) is 5. The first-order chi connectivity index (χ1) is 8.72. The van der Waals surface area contributed by atoms with Crippen LogP contribution in [0.15, 0.2) is 24.7 Å². The number of halogens is 1. The molecule has 0 saturated carbocycles. The van der Waals surface area contributed by atoms with Gasteiger partial charge in [0.1, 0.15) is 5.15 Å². The van der Waals surface area contributed by atoms with Crippen molar-refractivity contribution in [3.8, 4) is 0 Å². The molecule has 0 aliphatic heterocycles. The van der Waals surface area contributed by atoms with Crippen LogP contribution in [0.5, 0.6) is 0 Å². The Labute approximate surface area is 107 Å². The minimum Gasteiger partial charge on any atom is -0.338 e. The van der Waals surface area contributed by atoms with E-state index in [9.17, 15) is 0 Å². The predicted molar refractivity (Wildman–Crippen MR) is 69.0 cm³/mol. The Morgan fingerprint density at radius 1 is 1.28 bits per heavy atom. The van der Waals surface area contributed by atoms with Gasteiger partial charge in [0.05, 0.1) is 24.3 Å². The summed E-state index contributed by atoms with van der Waals surface area (Å²) in [6.07, 6.45) is 4.76. The van der Waals surface area contributed by atoms with Crippen molar-refractivity contribution in [1.29, 1.82) is 0 Å². The van der Waals surface area contributed by atoms with Gasteiger partial charge >= 0.3 is 0 Å². The molecule has 18 heavy (non-hydrogen) atoms. The molecule has 7 heteroatoms. The lowest BCUT2D eigenvalue weighted by Gasteiger charge is -2.04. The van der Waals surface area contributed by atoms with Gasteiger partial charge in [-0.1, -0.05) is 11.6 Å². The van der Waals surface area contributed by atoms with Crippen molar-refractivity contribution in [3.63, 3.8) is 0 Å². The molecule has 6 nitrogen and oxygen atoms in total. The monoisotopic (exact) mass is 260 g/mol. The number of aromatic nitrogens is 5. The third-order valence-corrected chi connectivity index (χ3v) is 2.66. The van der Waals surface area contributed by atoms with Crippen LogP contribution in [-0.4, -0.2) is 25.1 Å². The largest absolute Gasteiger partial charge is 0.338 e. The second-order valence-corrected chi connectivity index (χ2v) is 4.18. The molecule has 0 unspecified atom stereocenters. The van der Waals surface area contributed by atoms with Gasteiger partial charge in [-0.2, -0.15) is 5.10 Å². The number of hydrogen-bond donors (Lipinski definition) is 2. The molecule has 0 bridgehead atoms. The maximum absolute atomic E-state index is 5.77. The third-order valence-electron chi connectivity index (χ3n) is 2.48. The molecule has 90 valence electrons. The lowest BCUT2D eigenvalue weighted by atomic mass is 10.2. The van der Waals surface area contributed by atoms with Gasteiger partial charge < -0.3 is 5.32 Å². The van der Waals surface area contributed by atoms with Crippen LogP contribution in [0.3, 0.4) is 0 Å². The molecule has 0 saturated heterocycles. The van der Waals surface area contributed by atoms with E-state index in [2.05, 4.69) is 30.5 Å². The summed E-state index contributed by atoms with van der Waals surface area (Å²) >= 11 is 5.77. The lowest BCUT2D eigenvalue weighted by Crippen LogP contribution is -1.95. The first kappa shape index (κ1) is 10.9. The summed E-state index contributed by atoms with van der Waals surface area (Å²) in [4.78, 5) is 12.3. The molecule has 3 aromatic heterocycles. The van der Waals surface area contributed by atoms with Gasteiger partial charge in [0.2, 0.25) is 0 Å². The zero-order valence-electron chi connectivity index (χ0n) is 9.48. The summed E-state index contributed by atoms with van der Waals surface area (Å²) in [6, 6.07) is 1.95. The summed E-state index contributed by atoms with van der Waals surface area (Å²) in [5.41, 5.74) is 2.47. The van der Waals surface area contributed by atoms with Crippen molar-refractivity contribution in [3.05, 3.63) is 35.5 Å². The molecule has 3 aromatic rings. The molecule has 0 aliphatic rings. The summed E-state index contributed by atoms with van der Waals surface area (Å²) in [5, 5.41) is 11.4.